The average Bonchev–Trinajstić information content (AvgIpc) is 2.36. The molecule has 3 N–H and O–H groups in total. The number of ether oxygens (including phenoxy) is 1. The second-order valence-electron chi connectivity index (χ2n) is 3.91. The summed E-state index contributed by atoms with van der Waals surface area (Å²) in [6.45, 7) is -0.777. The predicted octanol–water partition coefficient (Wildman–Crippen LogP) is 1.11. The molecule has 1 aromatic carbocycles. The van der Waals surface area contributed by atoms with Gasteiger partial charge < -0.3 is 10.1 Å². The molecule has 1 rings (SSSR count). The number of amides is 1. The Labute approximate surface area is 128 Å². The van der Waals surface area contributed by atoms with Crippen LogP contribution in [0.1, 0.15) is 10.4 Å². The largest absolute Gasteiger partial charge is 0.374 e. The lowest BCUT2D eigenvalue weighted by Gasteiger charge is -2.09. The van der Waals surface area contributed by atoms with E-state index in [0.29, 0.717) is 4.47 Å². The summed E-state index contributed by atoms with van der Waals surface area (Å²) in [6, 6.07) is 3.75. The van der Waals surface area contributed by atoms with Gasteiger partial charge in [-0.1, -0.05) is 0 Å². The monoisotopic (exact) mass is 386 g/mol. The first kappa shape index (κ1) is 18.0. The molecule has 0 aliphatic heterocycles. The van der Waals surface area contributed by atoms with E-state index >= 15 is 0 Å². The standard InChI is InChI=1S/C11H13BrF2N2O4S/c12-9-2-1-7(21(15,18)19)5-8(9)11(17)16-3-4-20-6-10(13)14/h1-2,5,10H,3-4,6H2,(H,16,17)(H2,15,18,19). The minimum absolute atomic E-state index is 0.0115. The summed E-state index contributed by atoms with van der Waals surface area (Å²) in [5, 5.41) is 7.40. The number of nitrogens with one attached hydrogen (secondary N) is 1. The van der Waals surface area contributed by atoms with E-state index in [1.54, 1.807) is 0 Å². The zero-order chi connectivity index (χ0) is 16.0. The highest BCUT2D eigenvalue weighted by molar-refractivity contribution is 9.10. The van der Waals surface area contributed by atoms with Crippen LogP contribution < -0.4 is 10.5 Å². The molecular weight excluding hydrogens is 374 g/mol. The van der Waals surface area contributed by atoms with E-state index in [9.17, 15) is 22.0 Å². The van der Waals surface area contributed by atoms with Gasteiger partial charge in [-0.15, -0.1) is 0 Å². The fourth-order valence-electron chi connectivity index (χ4n) is 1.36. The smallest absolute Gasteiger partial charge is 0.261 e. The summed E-state index contributed by atoms with van der Waals surface area (Å²) in [6.07, 6.45) is -2.57. The van der Waals surface area contributed by atoms with Gasteiger partial charge in [0.25, 0.3) is 12.3 Å². The Morgan fingerprint density at radius 1 is 1.43 bits per heavy atom. The number of rotatable bonds is 7. The molecule has 0 radical (unpaired) electrons. The van der Waals surface area contributed by atoms with Crippen molar-refractivity contribution in [3.8, 4) is 0 Å². The van der Waals surface area contributed by atoms with Crippen molar-refractivity contribution >= 4 is 31.9 Å². The van der Waals surface area contributed by atoms with Crippen LogP contribution in [0.4, 0.5) is 8.78 Å². The molecular formula is C11H13BrF2N2O4S. The molecule has 0 saturated heterocycles. The highest BCUT2D eigenvalue weighted by Gasteiger charge is 2.15. The molecule has 1 aromatic rings. The molecule has 0 aliphatic carbocycles. The van der Waals surface area contributed by atoms with Crippen LogP contribution in [0.15, 0.2) is 27.6 Å². The van der Waals surface area contributed by atoms with Gasteiger partial charge in [0.2, 0.25) is 10.0 Å². The van der Waals surface area contributed by atoms with E-state index in [-0.39, 0.29) is 23.6 Å². The van der Waals surface area contributed by atoms with Gasteiger partial charge in [-0.25, -0.2) is 22.3 Å². The lowest BCUT2D eigenvalue weighted by Crippen LogP contribution is -2.28. The minimum Gasteiger partial charge on any atom is -0.374 e. The summed E-state index contributed by atoms with van der Waals surface area (Å²) >= 11 is 3.11. The highest BCUT2D eigenvalue weighted by Crippen LogP contribution is 2.20. The fourth-order valence-corrected chi connectivity index (χ4v) is 2.33. The zero-order valence-electron chi connectivity index (χ0n) is 10.7. The minimum atomic E-state index is -3.92. The van der Waals surface area contributed by atoms with E-state index < -0.39 is 29.0 Å². The third-order valence-electron chi connectivity index (χ3n) is 2.29. The first-order valence-corrected chi connectivity index (χ1v) is 8.02. The molecule has 6 nitrogen and oxygen atoms in total. The van der Waals surface area contributed by atoms with Crippen molar-refractivity contribution in [3.63, 3.8) is 0 Å². The third kappa shape index (κ3) is 6.04. The number of carbonyl (C=O) groups excluding carboxylic acids is 1. The first-order chi connectivity index (χ1) is 9.71. The average molecular weight is 387 g/mol. The maximum atomic E-state index is 11.9. The van der Waals surface area contributed by atoms with Crippen LogP contribution in [-0.4, -0.2) is 40.5 Å². The Balaban J connectivity index is 2.66. The number of sulfonamides is 1. The van der Waals surface area contributed by atoms with Crippen molar-refractivity contribution in [2.75, 3.05) is 19.8 Å². The van der Waals surface area contributed by atoms with Gasteiger partial charge in [0.1, 0.15) is 6.61 Å². The van der Waals surface area contributed by atoms with Crippen LogP contribution in [0, 0.1) is 0 Å². The van der Waals surface area contributed by atoms with Crippen molar-refractivity contribution in [2.24, 2.45) is 5.14 Å². The Morgan fingerprint density at radius 3 is 2.67 bits per heavy atom. The lowest BCUT2D eigenvalue weighted by molar-refractivity contribution is 0.0188. The molecule has 0 saturated carbocycles. The normalized spacial score (nSPS) is 11.7. The van der Waals surface area contributed by atoms with E-state index in [2.05, 4.69) is 26.0 Å². The van der Waals surface area contributed by atoms with Crippen molar-refractivity contribution in [1.82, 2.24) is 5.32 Å². The summed E-state index contributed by atoms with van der Waals surface area (Å²) in [4.78, 5) is 11.7. The molecule has 1 amide bonds. The maximum Gasteiger partial charge on any atom is 0.261 e. The van der Waals surface area contributed by atoms with Crippen molar-refractivity contribution in [1.29, 1.82) is 0 Å². The van der Waals surface area contributed by atoms with Gasteiger partial charge >= 0.3 is 0 Å². The van der Waals surface area contributed by atoms with Gasteiger partial charge in [0, 0.05) is 11.0 Å². The van der Waals surface area contributed by atoms with Crippen molar-refractivity contribution in [3.05, 3.63) is 28.2 Å². The van der Waals surface area contributed by atoms with Gasteiger partial charge in [0.15, 0.2) is 0 Å². The number of halogens is 3. The van der Waals surface area contributed by atoms with Gasteiger partial charge in [-0.05, 0) is 34.1 Å². The Bertz CT molecular complexity index is 610. The summed E-state index contributed by atoms with van der Waals surface area (Å²) < 4.78 is 51.0. The fraction of sp³-hybridized carbons (Fsp3) is 0.364. The number of hydrogen-bond acceptors (Lipinski definition) is 4. The predicted molar refractivity (Wildman–Crippen MR) is 74.7 cm³/mol. The topological polar surface area (TPSA) is 98.5 Å². The summed E-state index contributed by atoms with van der Waals surface area (Å²) in [7, 11) is -3.92. The number of primary sulfonamides is 1. The van der Waals surface area contributed by atoms with E-state index in [1.807, 2.05) is 0 Å². The van der Waals surface area contributed by atoms with Crippen molar-refractivity contribution in [2.45, 2.75) is 11.3 Å². The van der Waals surface area contributed by atoms with E-state index in [0.717, 1.165) is 6.07 Å². The summed E-state index contributed by atoms with van der Waals surface area (Å²) in [5.74, 6) is -0.576. The Morgan fingerprint density at radius 2 is 2.10 bits per heavy atom. The van der Waals surface area contributed by atoms with E-state index in [1.165, 1.54) is 12.1 Å². The van der Waals surface area contributed by atoms with Crippen molar-refractivity contribution < 1.29 is 26.7 Å². The summed E-state index contributed by atoms with van der Waals surface area (Å²) in [5.41, 5.74) is 0.0652. The lowest BCUT2D eigenvalue weighted by atomic mass is 10.2. The number of hydrogen-bond donors (Lipinski definition) is 2. The molecule has 0 heterocycles. The molecule has 0 aliphatic rings. The second kappa shape index (κ2) is 7.78. The zero-order valence-corrected chi connectivity index (χ0v) is 13.1. The SMILES string of the molecule is NS(=O)(=O)c1ccc(Br)c(C(=O)NCCOCC(F)F)c1. The van der Waals surface area contributed by atoms with Gasteiger partial charge in [-0.3, -0.25) is 4.79 Å². The molecule has 0 unspecified atom stereocenters. The van der Waals surface area contributed by atoms with Crippen LogP contribution in [0.5, 0.6) is 0 Å². The van der Waals surface area contributed by atoms with Crippen LogP contribution in [-0.2, 0) is 14.8 Å². The third-order valence-corrected chi connectivity index (χ3v) is 3.89. The van der Waals surface area contributed by atoms with E-state index in [4.69, 9.17) is 5.14 Å². The highest BCUT2D eigenvalue weighted by atomic mass is 79.9. The first-order valence-electron chi connectivity index (χ1n) is 5.68. The Kier molecular flexibility index (Phi) is 6.65. The van der Waals surface area contributed by atoms with Gasteiger partial charge in [0.05, 0.1) is 17.1 Å². The molecule has 0 aromatic heterocycles. The van der Waals surface area contributed by atoms with Crippen LogP contribution in [0.25, 0.3) is 0 Å². The maximum absolute atomic E-state index is 11.9. The molecule has 0 atom stereocenters. The number of carbonyl (C=O) groups is 1. The molecule has 21 heavy (non-hydrogen) atoms. The second-order valence-corrected chi connectivity index (χ2v) is 6.32. The molecule has 118 valence electrons. The van der Waals surface area contributed by atoms with Crippen LogP contribution in [0.2, 0.25) is 0 Å². The van der Waals surface area contributed by atoms with Gasteiger partial charge in [-0.2, -0.15) is 0 Å². The van der Waals surface area contributed by atoms with Crippen LogP contribution >= 0.6 is 15.9 Å². The molecule has 0 spiro atoms. The molecule has 10 heteroatoms. The molecule has 0 bridgehead atoms. The molecule has 0 fully saturated rings. The Hall–Kier alpha value is -1.10. The van der Waals surface area contributed by atoms with Crippen LogP contribution in [0.3, 0.4) is 0 Å². The number of nitrogens with two attached hydrogens (primary N) is 1. The quantitative estimate of drug-likeness (QED) is 0.685. The number of benzene rings is 1. The number of alkyl halides is 2.